The van der Waals surface area contributed by atoms with Gasteiger partial charge in [-0.3, -0.25) is 14.5 Å². The quantitative estimate of drug-likeness (QED) is 0.331. The van der Waals surface area contributed by atoms with E-state index in [1.54, 1.807) is 18.2 Å². The number of halogens is 4. The van der Waals surface area contributed by atoms with Gasteiger partial charge in [-0.05, 0) is 61.2 Å². The van der Waals surface area contributed by atoms with Crippen molar-refractivity contribution in [3.63, 3.8) is 0 Å². The Morgan fingerprint density at radius 3 is 2.58 bits per heavy atom. The number of alkyl halides is 3. The van der Waals surface area contributed by atoms with E-state index < -0.39 is 22.9 Å². The Kier molecular flexibility index (Phi) is 8.79. The lowest BCUT2D eigenvalue weighted by Gasteiger charge is -2.32. The molecule has 1 fully saturated rings. The molecule has 5 nitrogen and oxygen atoms in total. The molecule has 0 saturated carbocycles. The molecule has 1 atom stereocenters. The summed E-state index contributed by atoms with van der Waals surface area (Å²) in [5.41, 5.74) is 1.66. The van der Waals surface area contributed by atoms with Gasteiger partial charge in [0.05, 0.1) is 11.3 Å². The number of hydrogen-bond acceptors (Lipinski definition) is 4. The number of hydrogen-bond donors (Lipinski definition) is 1. The summed E-state index contributed by atoms with van der Waals surface area (Å²) in [6.45, 7) is 2.16. The van der Waals surface area contributed by atoms with Gasteiger partial charge in [0.2, 0.25) is 11.8 Å². The second-order valence-corrected chi connectivity index (χ2v) is 10.4. The van der Waals surface area contributed by atoms with Crippen LogP contribution in [0.15, 0.2) is 77.8 Å². The number of rotatable bonds is 7. The van der Waals surface area contributed by atoms with Crippen LogP contribution in [0.3, 0.4) is 0 Å². The van der Waals surface area contributed by atoms with E-state index in [4.69, 9.17) is 11.6 Å². The fraction of sp³-hybridized carbons (Fsp3) is 0.250. The summed E-state index contributed by atoms with van der Waals surface area (Å²) in [6, 6.07) is 19.5. The van der Waals surface area contributed by atoms with Gasteiger partial charge in [0.1, 0.15) is 5.25 Å². The average Bonchev–Trinajstić information content (AvgIpc) is 2.88. The van der Waals surface area contributed by atoms with Crippen LogP contribution in [0.1, 0.15) is 29.5 Å². The Balaban J connectivity index is 1.56. The highest BCUT2D eigenvalue weighted by atomic mass is 35.5. The van der Waals surface area contributed by atoms with Gasteiger partial charge < -0.3 is 5.32 Å². The van der Waals surface area contributed by atoms with Crippen LogP contribution in [0, 0.1) is 6.92 Å². The van der Waals surface area contributed by atoms with Crippen molar-refractivity contribution in [1.29, 1.82) is 0 Å². The standard InChI is InChI=1S/C28H25ClF3N3O2S/c1-18-12-13-22(16-23(18)29)33-26(37)24-17-25(36)35(14-6-9-19-7-3-2-4-8-19)27(38-24)34-21-11-5-10-20(15-21)28(30,31)32/h2-5,7-8,10-13,15-16,24H,6,9,14,17H2,1H3,(H,33,37). The van der Waals surface area contributed by atoms with Gasteiger partial charge in [-0.1, -0.05) is 65.8 Å². The van der Waals surface area contributed by atoms with Crippen LogP contribution in [0.4, 0.5) is 24.5 Å². The molecule has 10 heteroatoms. The maximum atomic E-state index is 13.3. The first-order valence-electron chi connectivity index (χ1n) is 11.9. The zero-order valence-corrected chi connectivity index (χ0v) is 22.0. The number of thioether (sulfide) groups is 1. The third kappa shape index (κ3) is 7.17. The maximum Gasteiger partial charge on any atom is 0.416 e. The van der Waals surface area contributed by atoms with Gasteiger partial charge in [0.25, 0.3) is 0 Å². The molecule has 2 amide bonds. The molecule has 1 saturated heterocycles. The molecule has 1 heterocycles. The summed E-state index contributed by atoms with van der Waals surface area (Å²) in [4.78, 5) is 32.1. The summed E-state index contributed by atoms with van der Waals surface area (Å²) in [7, 11) is 0. The molecule has 0 aliphatic carbocycles. The lowest BCUT2D eigenvalue weighted by Crippen LogP contribution is -2.45. The van der Waals surface area contributed by atoms with E-state index in [1.165, 1.54) is 17.0 Å². The second kappa shape index (κ2) is 12.0. The van der Waals surface area contributed by atoms with Gasteiger partial charge in [0, 0.05) is 23.7 Å². The van der Waals surface area contributed by atoms with Crippen LogP contribution in [-0.4, -0.2) is 33.7 Å². The van der Waals surface area contributed by atoms with E-state index in [1.807, 2.05) is 37.3 Å². The molecule has 4 rings (SSSR count). The predicted octanol–water partition coefficient (Wildman–Crippen LogP) is 7.26. The summed E-state index contributed by atoms with van der Waals surface area (Å²) in [5, 5.41) is 2.65. The number of carbonyl (C=O) groups excluding carboxylic acids is 2. The molecule has 38 heavy (non-hydrogen) atoms. The molecular formula is C28H25ClF3N3O2S. The highest BCUT2D eigenvalue weighted by Crippen LogP contribution is 2.34. The van der Waals surface area contributed by atoms with E-state index in [-0.39, 0.29) is 23.2 Å². The number of nitrogens with one attached hydrogen (secondary N) is 1. The molecule has 0 spiro atoms. The van der Waals surface area contributed by atoms with Crippen molar-refractivity contribution in [1.82, 2.24) is 4.90 Å². The first kappa shape index (κ1) is 27.7. The van der Waals surface area contributed by atoms with Crippen molar-refractivity contribution >= 4 is 51.7 Å². The van der Waals surface area contributed by atoms with Crippen LogP contribution in [0.5, 0.6) is 0 Å². The highest BCUT2D eigenvalue weighted by Gasteiger charge is 2.36. The van der Waals surface area contributed by atoms with Crippen LogP contribution in [-0.2, 0) is 22.2 Å². The molecule has 0 radical (unpaired) electrons. The molecule has 1 aliphatic rings. The number of aliphatic imine (C=N–C) groups is 1. The van der Waals surface area contributed by atoms with E-state index in [2.05, 4.69) is 10.3 Å². The monoisotopic (exact) mass is 559 g/mol. The molecule has 1 unspecified atom stereocenters. The summed E-state index contributed by atoms with van der Waals surface area (Å²) in [5.74, 6) is -0.728. The van der Waals surface area contributed by atoms with Gasteiger partial charge >= 0.3 is 6.18 Å². The highest BCUT2D eigenvalue weighted by molar-refractivity contribution is 8.15. The molecular weight excluding hydrogens is 535 g/mol. The third-order valence-electron chi connectivity index (χ3n) is 5.96. The van der Waals surface area contributed by atoms with Crippen LogP contribution >= 0.6 is 23.4 Å². The van der Waals surface area contributed by atoms with Crippen LogP contribution < -0.4 is 5.32 Å². The van der Waals surface area contributed by atoms with Gasteiger partial charge in [0.15, 0.2) is 5.17 Å². The normalized spacial score (nSPS) is 17.1. The number of benzene rings is 3. The van der Waals surface area contributed by atoms with Crippen molar-refractivity contribution in [2.24, 2.45) is 4.99 Å². The van der Waals surface area contributed by atoms with Gasteiger partial charge in [-0.2, -0.15) is 13.2 Å². The largest absolute Gasteiger partial charge is 0.416 e. The molecule has 1 N–H and O–H groups in total. The van der Waals surface area contributed by atoms with Crippen molar-refractivity contribution in [2.45, 2.75) is 37.6 Å². The smallest absolute Gasteiger partial charge is 0.325 e. The third-order valence-corrected chi connectivity index (χ3v) is 7.55. The Morgan fingerprint density at radius 2 is 1.87 bits per heavy atom. The Morgan fingerprint density at radius 1 is 1.11 bits per heavy atom. The fourth-order valence-electron chi connectivity index (χ4n) is 3.90. The zero-order valence-electron chi connectivity index (χ0n) is 20.5. The maximum absolute atomic E-state index is 13.3. The molecule has 3 aromatic carbocycles. The zero-order chi connectivity index (χ0) is 27.3. The Hall–Kier alpha value is -3.30. The van der Waals surface area contributed by atoms with Gasteiger partial charge in [-0.15, -0.1) is 0 Å². The second-order valence-electron chi connectivity index (χ2n) is 8.84. The van der Waals surface area contributed by atoms with E-state index in [0.29, 0.717) is 30.1 Å². The summed E-state index contributed by atoms with van der Waals surface area (Å²) in [6.07, 6.45) is -3.26. The lowest BCUT2D eigenvalue weighted by atomic mass is 10.1. The van der Waals surface area contributed by atoms with Crippen LogP contribution in [0.2, 0.25) is 5.02 Å². The number of nitrogens with zero attached hydrogens (tertiary/aromatic N) is 2. The topological polar surface area (TPSA) is 61.8 Å². The Bertz CT molecular complexity index is 1350. The van der Waals surface area contributed by atoms with Crippen molar-refractivity contribution in [3.8, 4) is 0 Å². The first-order chi connectivity index (χ1) is 18.1. The number of carbonyl (C=O) groups is 2. The number of amidine groups is 1. The number of anilines is 1. The minimum absolute atomic E-state index is 0.0505. The summed E-state index contributed by atoms with van der Waals surface area (Å²) >= 11 is 7.22. The van der Waals surface area contributed by atoms with E-state index >= 15 is 0 Å². The molecule has 1 aliphatic heterocycles. The molecule has 0 aromatic heterocycles. The van der Waals surface area contributed by atoms with E-state index in [9.17, 15) is 22.8 Å². The number of amides is 2. The van der Waals surface area contributed by atoms with Crippen molar-refractivity contribution in [2.75, 3.05) is 11.9 Å². The molecule has 0 bridgehead atoms. The molecule has 3 aromatic rings. The Labute approximate surface area is 228 Å². The predicted molar refractivity (Wildman–Crippen MR) is 146 cm³/mol. The van der Waals surface area contributed by atoms with Crippen molar-refractivity contribution in [3.05, 3.63) is 94.5 Å². The summed E-state index contributed by atoms with van der Waals surface area (Å²) < 4.78 is 39.8. The minimum atomic E-state index is -4.53. The van der Waals surface area contributed by atoms with Gasteiger partial charge in [-0.25, -0.2) is 4.99 Å². The fourth-order valence-corrected chi connectivity index (χ4v) is 5.21. The SMILES string of the molecule is Cc1ccc(NC(=O)C2CC(=O)N(CCCc3ccccc3)C(=Nc3cccc(C(F)(F)F)c3)S2)cc1Cl. The van der Waals surface area contributed by atoms with Crippen molar-refractivity contribution < 1.29 is 22.8 Å². The first-order valence-corrected chi connectivity index (χ1v) is 13.2. The van der Waals surface area contributed by atoms with Crippen LogP contribution in [0.25, 0.3) is 0 Å². The average molecular weight is 560 g/mol. The molecule has 198 valence electrons. The lowest BCUT2D eigenvalue weighted by molar-refractivity contribution is -0.137. The number of aryl methyl sites for hydroxylation is 2. The van der Waals surface area contributed by atoms with E-state index in [0.717, 1.165) is 35.0 Å². The minimum Gasteiger partial charge on any atom is -0.325 e.